The van der Waals surface area contributed by atoms with E-state index in [-0.39, 0.29) is 12.0 Å². The van der Waals surface area contributed by atoms with E-state index >= 15 is 0 Å². The van der Waals surface area contributed by atoms with Gasteiger partial charge < -0.3 is 14.8 Å². The van der Waals surface area contributed by atoms with Crippen molar-refractivity contribution in [2.75, 3.05) is 5.32 Å². The molecule has 5 nitrogen and oxygen atoms in total. The molecule has 0 atom stereocenters. The number of aryl methyl sites for hydroxylation is 2. The van der Waals surface area contributed by atoms with Crippen molar-refractivity contribution < 1.29 is 14.3 Å². The predicted octanol–water partition coefficient (Wildman–Crippen LogP) is 6.17. The molecule has 1 amide bonds. The molecule has 0 spiro atoms. The second kappa shape index (κ2) is 9.92. The summed E-state index contributed by atoms with van der Waals surface area (Å²) in [7, 11) is 0. The lowest BCUT2D eigenvalue weighted by molar-refractivity contribution is 0.102. The standard InChI is InChI=1S/C25H28N2O3/c1-5-6-19-9-16-24(18(4)26-19)25(28)27-20-7-10-22(11-8-20)30-23-14-12-21(13-15-23)29-17(2)3/h7-17H,5-6H2,1-4H3,(H,27,28). The third-order valence-electron chi connectivity index (χ3n) is 4.44. The monoisotopic (exact) mass is 404 g/mol. The number of pyridine rings is 1. The Morgan fingerprint density at radius 3 is 2.10 bits per heavy atom. The first-order chi connectivity index (χ1) is 14.4. The van der Waals surface area contributed by atoms with Crippen molar-refractivity contribution in [1.29, 1.82) is 0 Å². The summed E-state index contributed by atoms with van der Waals surface area (Å²) in [6.45, 7) is 7.96. The van der Waals surface area contributed by atoms with Gasteiger partial charge in [0.15, 0.2) is 0 Å². The summed E-state index contributed by atoms with van der Waals surface area (Å²) in [6.07, 6.45) is 2.08. The molecule has 0 fully saturated rings. The van der Waals surface area contributed by atoms with Crippen LogP contribution in [0.1, 0.15) is 48.9 Å². The van der Waals surface area contributed by atoms with E-state index in [2.05, 4.69) is 17.2 Å². The molecule has 2 aromatic carbocycles. The van der Waals surface area contributed by atoms with Gasteiger partial charge in [-0.1, -0.05) is 13.3 Å². The molecule has 30 heavy (non-hydrogen) atoms. The van der Waals surface area contributed by atoms with E-state index in [9.17, 15) is 4.79 Å². The van der Waals surface area contributed by atoms with Crippen LogP contribution >= 0.6 is 0 Å². The van der Waals surface area contributed by atoms with Crippen molar-refractivity contribution in [2.24, 2.45) is 0 Å². The number of carbonyl (C=O) groups is 1. The number of ether oxygens (including phenoxy) is 2. The van der Waals surface area contributed by atoms with Crippen LogP contribution in [0.3, 0.4) is 0 Å². The van der Waals surface area contributed by atoms with Gasteiger partial charge in [-0.25, -0.2) is 0 Å². The minimum absolute atomic E-state index is 0.133. The highest BCUT2D eigenvalue weighted by molar-refractivity contribution is 6.05. The fourth-order valence-corrected chi connectivity index (χ4v) is 3.05. The van der Waals surface area contributed by atoms with E-state index in [0.29, 0.717) is 17.0 Å². The SMILES string of the molecule is CCCc1ccc(C(=O)Nc2ccc(Oc3ccc(OC(C)C)cc3)cc2)c(C)n1. The number of hydrogen-bond acceptors (Lipinski definition) is 4. The molecule has 0 saturated carbocycles. The maximum absolute atomic E-state index is 12.6. The van der Waals surface area contributed by atoms with E-state index in [0.717, 1.165) is 35.7 Å². The van der Waals surface area contributed by atoms with E-state index in [4.69, 9.17) is 9.47 Å². The van der Waals surface area contributed by atoms with E-state index in [1.54, 1.807) is 0 Å². The predicted molar refractivity (Wildman–Crippen MR) is 120 cm³/mol. The number of hydrogen-bond donors (Lipinski definition) is 1. The Hall–Kier alpha value is -3.34. The summed E-state index contributed by atoms with van der Waals surface area (Å²) >= 11 is 0. The molecule has 0 bridgehead atoms. The molecule has 0 radical (unpaired) electrons. The van der Waals surface area contributed by atoms with E-state index in [1.807, 2.05) is 81.4 Å². The molecule has 3 aromatic rings. The highest BCUT2D eigenvalue weighted by Crippen LogP contribution is 2.25. The molecule has 156 valence electrons. The molecule has 1 N–H and O–H groups in total. The molecular weight excluding hydrogens is 376 g/mol. The average Bonchev–Trinajstić information content (AvgIpc) is 2.71. The largest absolute Gasteiger partial charge is 0.491 e. The molecule has 5 heteroatoms. The summed E-state index contributed by atoms with van der Waals surface area (Å²) in [5, 5.41) is 2.92. The van der Waals surface area contributed by atoms with Crippen LogP contribution in [0.25, 0.3) is 0 Å². The van der Waals surface area contributed by atoms with Gasteiger partial charge in [0.25, 0.3) is 5.91 Å². The van der Waals surface area contributed by atoms with Crippen LogP contribution in [-0.4, -0.2) is 17.0 Å². The zero-order valence-corrected chi connectivity index (χ0v) is 17.9. The van der Waals surface area contributed by atoms with Gasteiger partial charge in [-0.2, -0.15) is 0 Å². The smallest absolute Gasteiger partial charge is 0.257 e. The zero-order valence-electron chi connectivity index (χ0n) is 17.9. The normalized spacial score (nSPS) is 10.7. The third kappa shape index (κ3) is 5.83. The van der Waals surface area contributed by atoms with E-state index < -0.39 is 0 Å². The Morgan fingerprint density at radius 2 is 1.53 bits per heavy atom. The maximum Gasteiger partial charge on any atom is 0.257 e. The lowest BCUT2D eigenvalue weighted by atomic mass is 10.1. The van der Waals surface area contributed by atoms with Crippen LogP contribution in [0.4, 0.5) is 5.69 Å². The second-order valence-electron chi connectivity index (χ2n) is 7.40. The molecule has 0 aliphatic carbocycles. The van der Waals surface area contributed by atoms with Gasteiger partial charge in [0.05, 0.1) is 17.4 Å². The number of nitrogens with one attached hydrogen (secondary N) is 1. The van der Waals surface area contributed by atoms with Crippen molar-refractivity contribution in [1.82, 2.24) is 4.98 Å². The molecule has 3 rings (SSSR count). The summed E-state index contributed by atoms with van der Waals surface area (Å²) in [5.41, 5.74) is 3.03. The van der Waals surface area contributed by atoms with Crippen LogP contribution in [-0.2, 0) is 6.42 Å². The number of nitrogens with zero attached hydrogens (tertiary/aromatic N) is 1. The third-order valence-corrected chi connectivity index (χ3v) is 4.44. The van der Waals surface area contributed by atoms with Gasteiger partial charge >= 0.3 is 0 Å². The van der Waals surface area contributed by atoms with Gasteiger partial charge in [-0.3, -0.25) is 9.78 Å². The van der Waals surface area contributed by atoms with Gasteiger partial charge in [-0.05, 0) is 87.9 Å². The Bertz CT molecular complexity index is 980. The molecule has 1 heterocycles. The van der Waals surface area contributed by atoms with Gasteiger partial charge in [0, 0.05) is 11.4 Å². The lowest BCUT2D eigenvalue weighted by Gasteiger charge is -2.11. The number of rotatable bonds is 8. The van der Waals surface area contributed by atoms with Crippen molar-refractivity contribution in [3.05, 3.63) is 77.6 Å². The van der Waals surface area contributed by atoms with Crippen LogP contribution < -0.4 is 14.8 Å². The van der Waals surface area contributed by atoms with Crippen LogP contribution in [0, 0.1) is 6.92 Å². The van der Waals surface area contributed by atoms with Crippen molar-refractivity contribution in [3.8, 4) is 17.2 Å². The van der Waals surface area contributed by atoms with E-state index in [1.165, 1.54) is 0 Å². The first-order valence-electron chi connectivity index (χ1n) is 10.3. The van der Waals surface area contributed by atoms with Crippen LogP contribution in [0.15, 0.2) is 60.7 Å². The fourth-order valence-electron chi connectivity index (χ4n) is 3.05. The number of carbonyl (C=O) groups excluding carboxylic acids is 1. The van der Waals surface area contributed by atoms with Gasteiger partial charge in [0.2, 0.25) is 0 Å². The molecule has 0 unspecified atom stereocenters. The summed E-state index contributed by atoms with van der Waals surface area (Å²) in [6, 6.07) is 18.5. The Morgan fingerprint density at radius 1 is 0.933 bits per heavy atom. The Balaban J connectivity index is 1.61. The Labute approximate surface area is 178 Å². The van der Waals surface area contributed by atoms with Crippen molar-refractivity contribution >= 4 is 11.6 Å². The van der Waals surface area contributed by atoms with Gasteiger partial charge in [-0.15, -0.1) is 0 Å². The number of benzene rings is 2. The fraction of sp³-hybridized carbons (Fsp3) is 0.280. The minimum atomic E-state index is -0.169. The quantitative estimate of drug-likeness (QED) is 0.487. The molecule has 1 aromatic heterocycles. The molecule has 0 saturated heterocycles. The Kier molecular flexibility index (Phi) is 7.07. The second-order valence-corrected chi connectivity index (χ2v) is 7.40. The average molecular weight is 405 g/mol. The first-order valence-corrected chi connectivity index (χ1v) is 10.3. The summed E-state index contributed by atoms with van der Waals surface area (Å²) < 4.78 is 11.5. The van der Waals surface area contributed by atoms with Crippen LogP contribution in [0.5, 0.6) is 17.2 Å². The molecular formula is C25H28N2O3. The molecule has 0 aliphatic heterocycles. The zero-order chi connectivity index (χ0) is 21.5. The maximum atomic E-state index is 12.6. The van der Waals surface area contributed by atoms with Crippen molar-refractivity contribution in [2.45, 2.75) is 46.6 Å². The minimum Gasteiger partial charge on any atom is -0.491 e. The van der Waals surface area contributed by atoms with Gasteiger partial charge in [0.1, 0.15) is 17.2 Å². The topological polar surface area (TPSA) is 60.5 Å². The number of aromatic nitrogens is 1. The lowest BCUT2D eigenvalue weighted by Crippen LogP contribution is -2.14. The summed E-state index contributed by atoms with van der Waals surface area (Å²) in [4.78, 5) is 17.1. The molecule has 0 aliphatic rings. The highest BCUT2D eigenvalue weighted by Gasteiger charge is 2.11. The summed E-state index contributed by atoms with van der Waals surface area (Å²) in [5.74, 6) is 2.05. The number of amides is 1. The first kappa shape index (κ1) is 21.4. The van der Waals surface area contributed by atoms with Crippen LogP contribution in [0.2, 0.25) is 0 Å². The number of anilines is 1. The highest BCUT2D eigenvalue weighted by atomic mass is 16.5. The van der Waals surface area contributed by atoms with Crippen molar-refractivity contribution in [3.63, 3.8) is 0 Å².